The van der Waals surface area contributed by atoms with Gasteiger partial charge in [0, 0.05) is 6.42 Å². The minimum absolute atomic E-state index is 0.0688. The number of carbonyl (C=O) groups is 2. The van der Waals surface area contributed by atoms with Crippen molar-refractivity contribution in [1.82, 2.24) is 5.32 Å². The Morgan fingerprint density at radius 1 is 1.17 bits per heavy atom. The van der Waals surface area contributed by atoms with Crippen LogP contribution in [0.1, 0.15) is 18.4 Å². The maximum atomic E-state index is 11.4. The fourth-order valence-electron chi connectivity index (χ4n) is 1.58. The van der Waals surface area contributed by atoms with Crippen LogP contribution in [0.5, 0.6) is 0 Å². The molecule has 5 heteroatoms. The predicted octanol–water partition coefficient (Wildman–Crippen LogP) is 0.571. The van der Waals surface area contributed by atoms with Crippen molar-refractivity contribution < 1.29 is 19.8 Å². The first-order chi connectivity index (χ1) is 8.61. The number of carboxylic acid groups (broad SMARTS) is 1. The van der Waals surface area contributed by atoms with E-state index < -0.39 is 5.97 Å². The monoisotopic (exact) mass is 251 g/mol. The fraction of sp³-hybridized carbons (Fsp3) is 0.385. The Hall–Kier alpha value is -1.88. The van der Waals surface area contributed by atoms with E-state index in [2.05, 4.69) is 5.32 Å². The number of amides is 1. The highest BCUT2D eigenvalue weighted by Gasteiger charge is 2.12. The molecule has 18 heavy (non-hydrogen) atoms. The van der Waals surface area contributed by atoms with E-state index in [1.165, 1.54) is 0 Å². The van der Waals surface area contributed by atoms with Crippen molar-refractivity contribution >= 4 is 11.9 Å². The van der Waals surface area contributed by atoms with Crippen molar-refractivity contribution in [1.29, 1.82) is 0 Å². The van der Waals surface area contributed by atoms with Crippen molar-refractivity contribution in [2.75, 3.05) is 6.61 Å². The zero-order valence-corrected chi connectivity index (χ0v) is 10.0. The normalized spacial score (nSPS) is 11.8. The molecule has 0 bridgehead atoms. The van der Waals surface area contributed by atoms with E-state index >= 15 is 0 Å². The van der Waals surface area contributed by atoms with Crippen LogP contribution in [-0.4, -0.2) is 34.7 Å². The second-order valence-corrected chi connectivity index (χ2v) is 4.03. The average molecular weight is 251 g/mol. The first-order valence-corrected chi connectivity index (χ1v) is 5.77. The minimum atomic E-state index is -1.01. The van der Waals surface area contributed by atoms with Gasteiger partial charge in [0.05, 0.1) is 19.1 Å². The Labute approximate surface area is 105 Å². The highest BCUT2D eigenvalue weighted by molar-refractivity contribution is 5.80. The van der Waals surface area contributed by atoms with E-state index in [0.29, 0.717) is 6.42 Å². The fourth-order valence-corrected chi connectivity index (χ4v) is 1.58. The highest BCUT2D eigenvalue weighted by Crippen LogP contribution is 2.03. The second-order valence-electron chi connectivity index (χ2n) is 4.03. The lowest BCUT2D eigenvalue weighted by atomic mass is 10.1. The number of nitrogens with one attached hydrogen (secondary N) is 1. The number of carboxylic acids is 1. The maximum absolute atomic E-state index is 11.4. The van der Waals surface area contributed by atoms with Gasteiger partial charge in [0.25, 0.3) is 0 Å². The van der Waals surface area contributed by atoms with Gasteiger partial charge >= 0.3 is 5.97 Å². The topological polar surface area (TPSA) is 86.6 Å². The van der Waals surface area contributed by atoms with Gasteiger partial charge in [0.15, 0.2) is 0 Å². The predicted molar refractivity (Wildman–Crippen MR) is 66.0 cm³/mol. The van der Waals surface area contributed by atoms with Crippen LogP contribution in [0.15, 0.2) is 30.3 Å². The summed E-state index contributed by atoms with van der Waals surface area (Å²) in [5.74, 6) is -1.36. The number of aliphatic hydroxyl groups is 1. The van der Waals surface area contributed by atoms with E-state index in [1.54, 1.807) is 0 Å². The van der Waals surface area contributed by atoms with Crippen molar-refractivity contribution in [3.05, 3.63) is 35.9 Å². The van der Waals surface area contributed by atoms with E-state index in [4.69, 9.17) is 5.11 Å². The third-order valence-corrected chi connectivity index (χ3v) is 2.48. The van der Waals surface area contributed by atoms with Crippen LogP contribution < -0.4 is 5.32 Å². The molecular weight excluding hydrogens is 234 g/mol. The summed E-state index contributed by atoms with van der Waals surface area (Å²) in [6.07, 6.45) is 0.256. The summed E-state index contributed by atoms with van der Waals surface area (Å²) < 4.78 is 0. The standard InChI is InChI=1S/C13H17NO4/c15-9-11(8-10-4-2-1-3-5-10)14-12(16)6-7-13(17)18/h1-5,11,15H,6-9H2,(H,14,16)(H,17,18)/t11-/m1/s1. The third-order valence-electron chi connectivity index (χ3n) is 2.48. The van der Waals surface area contributed by atoms with Crippen LogP contribution in [0.2, 0.25) is 0 Å². The smallest absolute Gasteiger partial charge is 0.303 e. The Kier molecular flexibility index (Phi) is 5.87. The van der Waals surface area contributed by atoms with E-state index in [1.807, 2.05) is 30.3 Å². The second kappa shape index (κ2) is 7.45. The lowest BCUT2D eigenvalue weighted by molar-refractivity contribution is -0.139. The van der Waals surface area contributed by atoms with Crippen molar-refractivity contribution in [3.63, 3.8) is 0 Å². The van der Waals surface area contributed by atoms with E-state index in [9.17, 15) is 14.7 Å². The number of aliphatic hydroxyl groups excluding tert-OH is 1. The molecule has 1 aromatic rings. The molecule has 0 fully saturated rings. The van der Waals surface area contributed by atoms with Gasteiger partial charge in [-0.1, -0.05) is 30.3 Å². The summed E-state index contributed by atoms with van der Waals surface area (Å²) in [7, 11) is 0. The van der Waals surface area contributed by atoms with Crippen molar-refractivity contribution in [2.45, 2.75) is 25.3 Å². The summed E-state index contributed by atoms with van der Waals surface area (Å²) >= 11 is 0. The first-order valence-electron chi connectivity index (χ1n) is 5.77. The van der Waals surface area contributed by atoms with Gasteiger partial charge in [-0.05, 0) is 12.0 Å². The molecule has 1 amide bonds. The van der Waals surface area contributed by atoms with Crippen molar-refractivity contribution in [3.8, 4) is 0 Å². The van der Waals surface area contributed by atoms with Gasteiger partial charge < -0.3 is 15.5 Å². The van der Waals surface area contributed by atoms with Gasteiger partial charge in [-0.2, -0.15) is 0 Å². The molecule has 0 saturated carbocycles. The Balaban J connectivity index is 2.42. The molecule has 1 atom stereocenters. The quantitative estimate of drug-likeness (QED) is 0.661. The minimum Gasteiger partial charge on any atom is -0.481 e. The Bertz CT molecular complexity index is 391. The summed E-state index contributed by atoms with van der Waals surface area (Å²) in [5, 5.41) is 20.3. The molecule has 0 radical (unpaired) electrons. The summed E-state index contributed by atoms with van der Waals surface area (Å²) in [5.41, 5.74) is 1.01. The molecule has 3 N–H and O–H groups in total. The maximum Gasteiger partial charge on any atom is 0.303 e. The summed E-state index contributed by atoms with van der Waals surface area (Å²) in [4.78, 5) is 21.7. The molecule has 98 valence electrons. The third kappa shape index (κ3) is 5.45. The molecule has 0 heterocycles. The molecule has 1 aromatic carbocycles. The molecule has 0 unspecified atom stereocenters. The summed E-state index contributed by atoms with van der Waals surface area (Å²) in [6, 6.07) is 9.10. The lowest BCUT2D eigenvalue weighted by Crippen LogP contribution is -2.39. The molecule has 0 aromatic heterocycles. The van der Waals surface area contributed by atoms with Crippen LogP contribution in [0.3, 0.4) is 0 Å². The molecule has 0 aliphatic heterocycles. The number of hydrogen-bond acceptors (Lipinski definition) is 3. The van der Waals surface area contributed by atoms with Gasteiger partial charge in [0.1, 0.15) is 0 Å². The van der Waals surface area contributed by atoms with Crippen LogP contribution in [0.4, 0.5) is 0 Å². The van der Waals surface area contributed by atoms with Crippen LogP contribution >= 0.6 is 0 Å². The molecule has 0 spiro atoms. The first kappa shape index (κ1) is 14.2. The average Bonchev–Trinajstić information content (AvgIpc) is 2.37. The lowest BCUT2D eigenvalue weighted by Gasteiger charge is -2.16. The number of aliphatic carboxylic acids is 1. The van der Waals surface area contributed by atoms with Gasteiger partial charge in [-0.15, -0.1) is 0 Å². The van der Waals surface area contributed by atoms with Crippen LogP contribution in [0.25, 0.3) is 0 Å². The summed E-state index contributed by atoms with van der Waals surface area (Å²) in [6.45, 7) is -0.173. The molecule has 0 saturated heterocycles. The molecule has 1 rings (SSSR count). The Morgan fingerprint density at radius 2 is 1.83 bits per heavy atom. The van der Waals surface area contributed by atoms with E-state index in [-0.39, 0.29) is 31.4 Å². The Morgan fingerprint density at radius 3 is 2.39 bits per heavy atom. The number of rotatable bonds is 7. The highest BCUT2D eigenvalue weighted by atomic mass is 16.4. The van der Waals surface area contributed by atoms with E-state index in [0.717, 1.165) is 5.56 Å². The largest absolute Gasteiger partial charge is 0.481 e. The molecular formula is C13H17NO4. The van der Waals surface area contributed by atoms with Crippen LogP contribution in [0, 0.1) is 0 Å². The number of carbonyl (C=O) groups excluding carboxylic acids is 1. The van der Waals surface area contributed by atoms with Crippen molar-refractivity contribution in [2.24, 2.45) is 0 Å². The van der Waals surface area contributed by atoms with Gasteiger partial charge in [-0.25, -0.2) is 0 Å². The molecule has 5 nitrogen and oxygen atoms in total. The van der Waals surface area contributed by atoms with Crippen LogP contribution in [-0.2, 0) is 16.0 Å². The number of hydrogen-bond donors (Lipinski definition) is 3. The SMILES string of the molecule is O=C(O)CCC(=O)N[C@@H](CO)Cc1ccccc1. The zero-order valence-electron chi connectivity index (χ0n) is 10.0. The van der Waals surface area contributed by atoms with Gasteiger partial charge in [0.2, 0.25) is 5.91 Å². The molecule has 0 aliphatic carbocycles. The van der Waals surface area contributed by atoms with Gasteiger partial charge in [-0.3, -0.25) is 9.59 Å². The molecule has 0 aliphatic rings. The zero-order chi connectivity index (χ0) is 13.4. The number of benzene rings is 1.